The third-order valence-electron chi connectivity index (χ3n) is 2.23. The summed E-state index contributed by atoms with van der Waals surface area (Å²) in [4.78, 5) is 11.8. The first-order valence-corrected chi connectivity index (χ1v) is 5.49. The second-order valence-electron chi connectivity index (χ2n) is 5.00. The van der Waals surface area contributed by atoms with Crippen LogP contribution in [0, 0.1) is 0 Å². The van der Waals surface area contributed by atoms with Gasteiger partial charge in [0.1, 0.15) is 0 Å². The number of hydrogen-bond acceptors (Lipinski definition) is 3. The van der Waals surface area contributed by atoms with Gasteiger partial charge in [-0.3, -0.25) is 4.79 Å². The molecular weight excluding hydrogens is 206 g/mol. The molecule has 88 valence electrons. The van der Waals surface area contributed by atoms with Crippen LogP contribution in [0.2, 0.25) is 0 Å². The first-order valence-electron chi connectivity index (χ1n) is 5.49. The van der Waals surface area contributed by atoms with E-state index in [9.17, 15) is 4.79 Å². The molecule has 0 radical (unpaired) electrons. The number of carbonyl (C=O) groups excluding carboxylic acids is 1. The molecule has 0 aliphatic carbocycles. The number of ether oxygens (including phenoxy) is 1. The fourth-order valence-corrected chi connectivity index (χ4v) is 1.58. The molecule has 5 heteroatoms. The van der Waals surface area contributed by atoms with Gasteiger partial charge in [-0.2, -0.15) is 5.10 Å². The van der Waals surface area contributed by atoms with Crippen molar-refractivity contribution in [3.8, 4) is 5.88 Å². The molecule has 0 fully saturated rings. The molecule has 0 unspecified atom stereocenters. The van der Waals surface area contributed by atoms with Gasteiger partial charge in [0.05, 0.1) is 6.61 Å². The van der Waals surface area contributed by atoms with E-state index in [0.717, 1.165) is 13.0 Å². The van der Waals surface area contributed by atoms with Crippen LogP contribution in [0.25, 0.3) is 0 Å². The van der Waals surface area contributed by atoms with E-state index in [-0.39, 0.29) is 11.4 Å². The molecule has 0 aromatic carbocycles. The number of nitrogens with zero attached hydrogens (tertiary/aromatic N) is 2. The highest BCUT2D eigenvalue weighted by Gasteiger charge is 2.21. The molecule has 1 aliphatic rings. The minimum Gasteiger partial charge on any atom is -0.478 e. The Morgan fingerprint density at radius 3 is 2.94 bits per heavy atom. The molecule has 16 heavy (non-hydrogen) atoms. The molecule has 1 N–H and O–H groups in total. The Hall–Kier alpha value is -1.52. The Balaban J connectivity index is 2.15. The highest BCUT2D eigenvalue weighted by atomic mass is 16.5. The summed E-state index contributed by atoms with van der Waals surface area (Å²) in [6, 6.07) is 1.69. The second kappa shape index (κ2) is 3.81. The monoisotopic (exact) mass is 223 g/mol. The number of fused-ring (bicyclic) bond motifs is 1. The van der Waals surface area contributed by atoms with Gasteiger partial charge in [0.25, 0.3) is 5.91 Å². The SMILES string of the molecule is CC(C)(C)NC(=O)c1cc2n(n1)CCCO2. The van der Waals surface area contributed by atoms with Crippen LogP contribution >= 0.6 is 0 Å². The first-order chi connectivity index (χ1) is 7.46. The Kier molecular flexibility index (Phi) is 2.61. The lowest BCUT2D eigenvalue weighted by Crippen LogP contribution is -2.40. The zero-order valence-corrected chi connectivity index (χ0v) is 9.91. The Labute approximate surface area is 94.8 Å². The van der Waals surface area contributed by atoms with Crippen LogP contribution in [0.5, 0.6) is 5.88 Å². The van der Waals surface area contributed by atoms with E-state index in [0.29, 0.717) is 18.2 Å². The standard InChI is InChI=1S/C11H17N3O2/c1-11(2,3)12-10(15)8-7-9-14(13-8)5-4-6-16-9/h7H,4-6H2,1-3H3,(H,12,15). The van der Waals surface area contributed by atoms with E-state index in [1.807, 2.05) is 20.8 Å². The summed E-state index contributed by atoms with van der Waals surface area (Å²) in [5, 5.41) is 7.09. The molecule has 0 bridgehead atoms. The van der Waals surface area contributed by atoms with E-state index in [1.54, 1.807) is 10.7 Å². The lowest BCUT2D eigenvalue weighted by atomic mass is 10.1. The number of hydrogen-bond donors (Lipinski definition) is 1. The van der Waals surface area contributed by atoms with Gasteiger partial charge < -0.3 is 10.1 Å². The van der Waals surface area contributed by atoms with Gasteiger partial charge in [-0.05, 0) is 20.8 Å². The van der Waals surface area contributed by atoms with Gasteiger partial charge in [-0.1, -0.05) is 0 Å². The van der Waals surface area contributed by atoms with E-state index >= 15 is 0 Å². The molecule has 1 amide bonds. The number of nitrogens with one attached hydrogen (secondary N) is 1. The predicted molar refractivity (Wildman–Crippen MR) is 59.6 cm³/mol. The van der Waals surface area contributed by atoms with Crippen LogP contribution in [0.15, 0.2) is 6.07 Å². The van der Waals surface area contributed by atoms with Crippen LogP contribution < -0.4 is 10.1 Å². The van der Waals surface area contributed by atoms with E-state index < -0.39 is 0 Å². The summed E-state index contributed by atoms with van der Waals surface area (Å²) < 4.78 is 7.14. The third-order valence-corrected chi connectivity index (χ3v) is 2.23. The van der Waals surface area contributed by atoms with Gasteiger partial charge in [-0.15, -0.1) is 0 Å². The quantitative estimate of drug-likeness (QED) is 0.778. The summed E-state index contributed by atoms with van der Waals surface area (Å²) in [6.45, 7) is 7.34. The van der Waals surface area contributed by atoms with Crippen molar-refractivity contribution in [3.63, 3.8) is 0 Å². The van der Waals surface area contributed by atoms with Crippen molar-refractivity contribution in [1.82, 2.24) is 15.1 Å². The van der Waals surface area contributed by atoms with Gasteiger partial charge in [-0.25, -0.2) is 4.68 Å². The second-order valence-corrected chi connectivity index (χ2v) is 5.00. The number of aryl methyl sites for hydroxylation is 1. The van der Waals surface area contributed by atoms with Crippen molar-refractivity contribution in [2.45, 2.75) is 39.3 Å². The number of carbonyl (C=O) groups is 1. The zero-order chi connectivity index (χ0) is 11.8. The van der Waals surface area contributed by atoms with Crippen LogP contribution in [-0.2, 0) is 6.54 Å². The molecule has 1 aliphatic heterocycles. The summed E-state index contributed by atoms with van der Waals surface area (Å²) in [5.74, 6) is 0.531. The van der Waals surface area contributed by atoms with Crippen molar-refractivity contribution in [1.29, 1.82) is 0 Å². The Morgan fingerprint density at radius 2 is 2.31 bits per heavy atom. The summed E-state index contributed by atoms with van der Waals surface area (Å²) in [5.41, 5.74) is 0.175. The largest absolute Gasteiger partial charge is 0.478 e. The van der Waals surface area contributed by atoms with Crippen LogP contribution in [0.1, 0.15) is 37.7 Å². The topological polar surface area (TPSA) is 56.2 Å². The first kappa shape index (κ1) is 11.0. The molecule has 2 rings (SSSR count). The smallest absolute Gasteiger partial charge is 0.272 e. The molecule has 2 heterocycles. The lowest BCUT2D eigenvalue weighted by molar-refractivity contribution is 0.0913. The Bertz CT molecular complexity index is 380. The fourth-order valence-electron chi connectivity index (χ4n) is 1.58. The van der Waals surface area contributed by atoms with E-state index in [2.05, 4.69) is 10.4 Å². The van der Waals surface area contributed by atoms with Gasteiger partial charge >= 0.3 is 0 Å². The molecule has 0 spiro atoms. The van der Waals surface area contributed by atoms with Crippen molar-refractivity contribution in [3.05, 3.63) is 11.8 Å². The normalized spacial score (nSPS) is 15.2. The minimum absolute atomic E-state index is 0.155. The molecule has 1 aromatic heterocycles. The van der Waals surface area contributed by atoms with Gasteiger partial charge in [0.15, 0.2) is 5.69 Å². The fraction of sp³-hybridized carbons (Fsp3) is 0.636. The third kappa shape index (κ3) is 2.35. The van der Waals surface area contributed by atoms with Gasteiger partial charge in [0.2, 0.25) is 5.88 Å². The summed E-state index contributed by atoms with van der Waals surface area (Å²) in [7, 11) is 0. The Morgan fingerprint density at radius 1 is 1.56 bits per heavy atom. The van der Waals surface area contributed by atoms with Crippen LogP contribution in [0.3, 0.4) is 0 Å². The maximum Gasteiger partial charge on any atom is 0.272 e. The summed E-state index contributed by atoms with van der Waals surface area (Å²) in [6.07, 6.45) is 0.939. The average molecular weight is 223 g/mol. The van der Waals surface area contributed by atoms with Crippen LogP contribution in [-0.4, -0.2) is 27.8 Å². The predicted octanol–water partition coefficient (Wildman–Crippen LogP) is 1.19. The molecule has 0 atom stereocenters. The lowest BCUT2D eigenvalue weighted by Gasteiger charge is -2.19. The van der Waals surface area contributed by atoms with Crippen molar-refractivity contribution < 1.29 is 9.53 Å². The molecule has 5 nitrogen and oxygen atoms in total. The number of rotatable bonds is 1. The van der Waals surface area contributed by atoms with Crippen LogP contribution in [0.4, 0.5) is 0 Å². The molecule has 1 aromatic rings. The summed E-state index contributed by atoms with van der Waals surface area (Å²) >= 11 is 0. The van der Waals surface area contributed by atoms with E-state index in [4.69, 9.17) is 4.74 Å². The van der Waals surface area contributed by atoms with Crippen molar-refractivity contribution in [2.75, 3.05) is 6.61 Å². The zero-order valence-electron chi connectivity index (χ0n) is 9.91. The molecular formula is C11H17N3O2. The highest BCUT2D eigenvalue weighted by Crippen LogP contribution is 2.18. The number of amides is 1. The maximum absolute atomic E-state index is 11.8. The van der Waals surface area contributed by atoms with Crippen molar-refractivity contribution in [2.24, 2.45) is 0 Å². The maximum atomic E-state index is 11.8. The molecule has 0 saturated heterocycles. The molecule has 0 saturated carbocycles. The van der Waals surface area contributed by atoms with E-state index in [1.165, 1.54) is 0 Å². The highest BCUT2D eigenvalue weighted by molar-refractivity contribution is 5.93. The van der Waals surface area contributed by atoms with Gasteiger partial charge in [0, 0.05) is 24.6 Å². The van der Waals surface area contributed by atoms with Crippen molar-refractivity contribution >= 4 is 5.91 Å². The number of aromatic nitrogens is 2. The minimum atomic E-state index is -0.248. The average Bonchev–Trinajstić information content (AvgIpc) is 2.58.